The van der Waals surface area contributed by atoms with Crippen molar-refractivity contribution in [3.8, 4) is 11.6 Å². The van der Waals surface area contributed by atoms with Crippen molar-refractivity contribution < 1.29 is 4.42 Å². The Morgan fingerprint density at radius 3 is 2.67 bits per heavy atom. The molecule has 0 saturated heterocycles. The molecule has 0 aliphatic rings. The lowest BCUT2D eigenvalue weighted by molar-refractivity contribution is 0.470. The van der Waals surface area contributed by atoms with Gasteiger partial charge in [0.15, 0.2) is 5.69 Å². The lowest BCUT2D eigenvalue weighted by Gasteiger charge is -2.00. The van der Waals surface area contributed by atoms with Crippen LogP contribution in [0.3, 0.4) is 0 Å². The molecule has 0 aliphatic carbocycles. The summed E-state index contributed by atoms with van der Waals surface area (Å²) in [5.74, 6) is 1.06. The summed E-state index contributed by atoms with van der Waals surface area (Å²) in [4.78, 5) is 0. The number of halogens is 1. The van der Waals surface area contributed by atoms with E-state index in [1.54, 1.807) is 4.68 Å². The Hall–Kier alpha value is -1.71. The molecule has 0 fully saturated rings. The average molecular weight is 398 g/mol. The first-order chi connectivity index (χ1) is 10.0. The van der Waals surface area contributed by atoms with E-state index in [9.17, 15) is 0 Å². The summed E-state index contributed by atoms with van der Waals surface area (Å²) >= 11 is 2.21. The zero-order valence-corrected chi connectivity index (χ0v) is 14.2. The van der Waals surface area contributed by atoms with Crippen molar-refractivity contribution in [2.75, 3.05) is 0 Å². The predicted octanol–water partition coefficient (Wildman–Crippen LogP) is 2.13. The summed E-state index contributed by atoms with van der Waals surface area (Å²) in [6.07, 6.45) is 2.56. The topological polar surface area (TPSA) is 74.6 Å². The quantitative estimate of drug-likeness (QED) is 0.630. The first-order valence-electron chi connectivity index (χ1n) is 6.56. The van der Waals surface area contributed by atoms with Crippen molar-refractivity contribution in [1.29, 1.82) is 0 Å². The fraction of sp³-hybridized carbons (Fsp3) is 0.385. The molecule has 3 rings (SSSR count). The zero-order chi connectivity index (χ0) is 15.0. The Balaban J connectivity index is 1.73. The van der Waals surface area contributed by atoms with Gasteiger partial charge in [-0.1, -0.05) is 0 Å². The van der Waals surface area contributed by atoms with E-state index in [1.807, 2.05) is 31.8 Å². The van der Waals surface area contributed by atoms with E-state index in [4.69, 9.17) is 4.42 Å². The maximum absolute atomic E-state index is 5.69. The molecule has 0 aromatic carbocycles. The molecule has 0 unspecified atom stereocenters. The lowest BCUT2D eigenvalue weighted by atomic mass is 10.4. The van der Waals surface area contributed by atoms with Crippen LogP contribution in [0.25, 0.3) is 11.6 Å². The highest BCUT2D eigenvalue weighted by atomic mass is 127. The van der Waals surface area contributed by atoms with Gasteiger partial charge in [-0.3, -0.25) is 9.36 Å². The number of aromatic nitrogens is 6. The highest BCUT2D eigenvalue weighted by Gasteiger charge is 2.15. The lowest BCUT2D eigenvalue weighted by Crippen LogP contribution is -2.05. The van der Waals surface area contributed by atoms with Crippen LogP contribution in [0.2, 0.25) is 0 Å². The van der Waals surface area contributed by atoms with Gasteiger partial charge in [0.05, 0.1) is 9.26 Å². The van der Waals surface area contributed by atoms with Crippen LogP contribution in [-0.4, -0.2) is 29.8 Å². The number of nitrogens with zero attached hydrogens (tertiary/aromatic N) is 6. The number of rotatable bonds is 4. The third-order valence-electron chi connectivity index (χ3n) is 3.09. The maximum Gasteiger partial charge on any atom is 0.269 e. The van der Waals surface area contributed by atoms with Gasteiger partial charge >= 0.3 is 0 Å². The SMILES string of the molecule is Cc1cc(C)n(CCc2nnc(-c3nn(C)cc3I)o2)n1. The number of aryl methyl sites for hydroxylation is 5. The second-order valence-corrected chi connectivity index (χ2v) is 6.06. The minimum absolute atomic E-state index is 0.461. The molecular formula is C13H15IN6O. The first kappa shape index (κ1) is 14.2. The third-order valence-corrected chi connectivity index (χ3v) is 3.88. The van der Waals surface area contributed by atoms with Crippen LogP contribution in [-0.2, 0) is 20.0 Å². The van der Waals surface area contributed by atoms with Gasteiger partial charge in [0.2, 0.25) is 5.89 Å². The van der Waals surface area contributed by atoms with Crippen LogP contribution in [0.5, 0.6) is 0 Å². The molecule has 3 aromatic rings. The number of hydrogen-bond acceptors (Lipinski definition) is 5. The minimum Gasteiger partial charge on any atom is -0.419 e. The van der Waals surface area contributed by atoms with Crippen molar-refractivity contribution in [2.45, 2.75) is 26.8 Å². The molecular weight excluding hydrogens is 383 g/mol. The van der Waals surface area contributed by atoms with Gasteiger partial charge in [-0.05, 0) is 42.5 Å². The van der Waals surface area contributed by atoms with Crippen LogP contribution in [0.1, 0.15) is 17.3 Å². The van der Waals surface area contributed by atoms with Crippen LogP contribution < -0.4 is 0 Å². The highest BCUT2D eigenvalue weighted by molar-refractivity contribution is 14.1. The average Bonchev–Trinajstić information content (AvgIpc) is 3.07. The van der Waals surface area contributed by atoms with E-state index in [1.165, 1.54) is 0 Å². The predicted molar refractivity (Wildman–Crippen MR) is 84.6 cm³/mol. The van der Waals surface area contributed by atoms with E-state index in [0.29, 0.717) is 18.2 Å². The van der Waals surface area contributed by atoms with Crippen LogP contribution >= 0.6 is 22.6 Å². The summed E-state index contributed by atoms with van der Waals surface area (Å²) in [6.45, 7) is 4.74. The second-order valence-electron chi connectivity index (χ2n) is 4.90. The molecule has 0 atom stereocenters. The van der Waals surface area contributed by atoms with Gasteiger partial charge in [-0.25, -0.2) is 0 Å². The van der Waals surface area contributed by atoms with E-state index < -0.39 is 0 Å². The van der Waals surface area contributed by atoms with E-state index >= 15 is 0 Å². The molecule has 110 valence electrons. The normalized spacial score (nSPS) is 11.2. The molecule has 8 heteroatoms. The Morgan fingerprint density at radius 1 is 1.24 bits per heavy atom. The molecule has 3 aromatic heterocycles. The smallest absolute Gasteiger partial charge is 0.269 e. The van der Waals surface area contributed by atoms with Crippen LogP contribution in [0.15, 0.2) is 16.7 Å². The van der Waals surface area contributed by atoms with E-state index in [2.05, 4.69) is 49.1 Å². The Morgan fingerprint density at radius 2 is 2.05 bits per heavy atom. The Labute approximate surface area is 135 Å². The van der Waals surface area contributed by atoms with Gasteiger partial charge in [0.1, 0.15) is 0 Å². The molecule has 21 heavy (non-hydrogen) atoms. The maximum atomic E-state index is 5.69. The monoisotopic (exact) mass is 398 g/mol. The van der Waals surface area contributed by atoms with Crippen molar-refractivity contribution in [2.24, 2.45) is 7.05 Å². The fourth-order valence-electron chi connectivity index (χ4n) is 2.16. The molecule has 7 nitrogen and oxygen atoms in total. The van der Waals surface area contributed by atoms with Crippen molar-refractivity contribution >= 4 is 22.6 Å². The molecule has 0 aliphatic heterocycles. The Bertz CT molecular complexity index is 772. The van der Waals surface area contributed by atoms with Crippen LogP contribution in [0.4, 0.5) is 0 Å². The molecule has 0 saturated carbocycles. The largest absolute Gasteiger partial charge is 0.419 e. The molecule has 3 heterocycles. The molecule has 0 spiro atoms. The number of hydrogen-bond donors (Lipinski definition) is 0. The van der Waals surface area contributed by atoms with E-state index in [0.717, 1.165) is 27.2 Å². The molecule has 0 amide bonds. The summed E-state index contributed by atoms with van der Waals surface area (Å²) in [6, 6.07) is 2.05. The Kier molecular flexibility index (Phi) is 3.79. The molecule has 0 bridgehead atoms. The van der Waals surface area contributed by atoms with Crippen molar-refractivity contribution in [3.63, 3.8) is 0 Å². The molecule has 0 radical (unpaired) electrons. The van der Waals surface area contributed by atoms with E-state index in [-0.39, 0.29) is 0 Å². The first-order valence-corrected chi connectivity index (χ1v) is 7.64. The standard InChI is InChI=1S/C13H15IN6O/c1-8-6-9(2)20(17-8)5-4-11-15-16-13(21-11)12-10(14)7-19(3)18-12/h6-7H,4-5H2,1-3H3. The third kappa shape index (κ3) is 2.99. The highest BCUT2D eigenvalue weighted by Crippen LogP contribution is 2.22. The van der Waals surface area contributed by atoms with Crippen LogP contribution in [0, 0.1) is 17.4 Å². The molecule has 0 N–H and O–H groups in total. The summed E-state index contributed by atoms with van der Waals surface area (Å²) < 4.78 is 10.4. The van der Waals surface area contributed by atoms with Gasteiger partial charge < -0.3 is 4.42 Å². The van der Waals surface area contributed by atoms with Gasteiger partial charge in [0, 0.05) is 31.9 Å². The minimum atomic E-state index is 0.461. The van der Waals surface area contributed by atoms with Crippen molar-refractivity contribution in [1.82, 2.24) is 29.8 Å². The van der Waals surface area contributed by atoms with Gasteiger partial charge in [-0.15, -0.1) is 10.2 Å². The summed E-state index contributed by atoms with van der Waals surface area (Å²) in [7, 11) is 1.87. The summed E-state index contributed by atoms with van der Waals surface area (Å²) in [5, 5.41) is 16.9. The second kappa shape index (κ2) is 5.58. The zero-order valence-electron chi connectivity index (χ0n) is 12.0. The van der Waals surface area contributed by atoms with Crippen molar-refractivity contribution in [3.05, 3.63) is 33.1 Å². The van der Waals surface area contributed by atoms with Gasteiger partial charge in [0.25, 0.3) is 5.89 Å². The van der Waals surface area contributed by atoms with Gasteiger partial charge in [-0.2, -0.15) is 10.2 Å². The fourth-order valence-corrected chi connectivity index (χ4v) is 2.90. The summed E-state index contributed by atoms with van der Waals surface area (Å²) in [5.41, 5.74) is 2.87.